The van der Waals surface area contributed by atoms with Crippen LogP contribution in [-0.4, -0.2) is 65.3 Å². The van der Waals surface area contributed by atoms with Crippen LogP contribution in [0.4, 0.5) is 0 Å². The van der Waals surface area contributed by atoms with Crippen LogP contribution in [0.25, 0.3) is 0 Å². The summed E-state index contributed by atoms with van der Waals surface area (Å²) < 4.78 is 16.3. The minimum absolute atomic E-state index is 0.145. The van der Waals surface area contributed by atoms with Gasteiger partial charge in [0.2, 0.25) is 5.89 Å². The molecule has 130 valence electrons. The third-order valence-electron chi connectivity index (χ3n) is 4.53. The summed E-state index contributed by atoms with van der Waals surface area (Å²) in [5.74, 6) is 1.42. The minimum Gasteiger partial charge on any atom is -0.389 e. The van der Waals surface area contributed by atoms with Crippen LogP contribution in [0, 0.1) is 0 Å². The average Bonchev–Trinajstić information content (AvgIpc) is 3.28. The van der Waals surface area contributed by atoms with Crippen molar-refractivity contribution in [1.29, 1.82) is 0 Å². The highest BCUT2D eigenvalue weighted by Gasteiger charge is 2.31. The third-order valence-corrected chi connectivity index (χ3v) is 4.53. The maximum atomic E-state index is 10.2. The molecule has 0 aromatic carbocycles. The second kappa shape index (κ2) is 8.19. The molecule has 23 heavy (non-hydrogen) atoms. The lowest BCUT2D eigenvalue weighted by atomic mass is 10.2. The maximum Gasteiger partial charge on any atom is 0.226 e. The van der Waals surface area contributed by atoms with Crippen molar-refractivity contribution in [3.63, 3.8) is 0 Å². The van der Waals surface area contributed by atoms with Gasteiger partial charge in [-0.1, -0.05) is 12.1 Å². The van der Waals surface area contributed by atoms with Gasteiger partial charge in [0, 0.05) is 19.6 Å². The van der Waals surface area contributed by atoms with Crippen LogP contribution in [-0.2, 0) is 15.9 Å². The van der Waals surface area contributed by atoms with Gasteiger partial charge < -0.3 is 19.1 Å². The molecule has 0 aliphatic carbocycles. The van der Waals surface area contributed by atoms with E-state index in [0.717, 1.165) is 51.1 Å². The van der Waals surface area contributed by atoms with E-state index in [-0.39, 0.29) is 12.1 Å². The number of aliphatic hydroxyl groups is 1. The molecule has 3 heterocycles. The summed E-state index contributed by atoms with van der Waals surface area (Å²) in [7, 11) is 0. The van der Waals surface area contributed by atoms with Gasteiger partial charge in [0.05, 0.1) is 31.5 Å². The third kappa shape index (κ3) is 4.50. The Hall–Kier alpha value is -1.02. The smallest absolute Gasteiger partial charge is 0.226 e. The zero-order valence-corrected chi connectivity index (χ0v) is 13.8. The van der Waals surface area contributed by atoms with E-state index in [4.69, 9.17) is 14.0 Å². The second-order valence-electron chi connectivity index (χ2n) is 6.38. The van der Waals surface area contributed by atoms with Crippen molar-refractivity contribution in [1.82, 2.24) is 15.0 Å². The van der Waals surface area contributed by atoms with E-state index in [0.29, 0.717) is 25.6 Å². The average molecular weight is 325 g/mol. The molecule has 1 aromatic rings. The first-order valence-electron chi connectivity index (χ1n) is 8.70. The lowest BCUT2D eigenvalue weighted by molar-refractivity contribution is -0.0264. The topological polar surface area (TPSA) is 80.9 Å². The Morgan fingerprint density at radius 1 is 1.39 bits per heavy atom. The van der Waals surface area contributed by atoms with Crippen LogP contribution in [0.3, 0.4) is 0 Å². The normalized spacial score (nSPS) is 26.9. The highest BCUT2D eigenvalue weighted by molar-refractivity contribution is 4.98. The van der Waals surface area contributed by atoms with Gasteiger partial charge in [-0.2, -0.15) is 4.98 Å². The molecule has 1 N–H and O–H groups in total. The molecule has 7 heteroatoms. The first-order valence-corrected chi connectivity index (χ1v) is 8.70. The zero-order valence-electron chi connectivity index (χ0n) is 13.8. The van der Waals surface area contributed by atoms with Gasteiger partial charge in [-0.25, -0.2) is 0 Å². The number of ether oxygens (including phenoxy) is 2. The van der Waals surface area contributed by atoms with Crippen molar-refractivity contribution in [3.05, 3.63) is 11.7 Å². The van der Waals surface area contributed by atoms with Crippen molar-refractivity contribution >= 4 is 0 Å². The summed E-state index contributed by atoms with van der Waals surface area (Å²) in [6.45, 7) is 5.27. The van der Waals surface area contributed by atoms with Crippen LogP contribution in [0.1, 0.15) is 50.4 Å². The number of nitrogens with zero attached hydrogens (tertiary/aromatic N) is 3. The van der Waals surface area contributed by atoms with Crippen molar-refractivity contribution in [3.8, 4) is 0 Å². The summed E-state index contributed by atoms with van der Waals surface area (Å²) in [5.41, 5.74) is 0. The predicted molar refractivity (Wildman–Crippen MR) is 83.0 cm³/mol. The van der Waals surface area contributed by atoms with Crippen LogP contribution in [0.2, 0.25) is 0 Å². The number of likely N-dealkylation sites (tertiary alicyclic amines) is 1. The molecular formula is C16H27N3O4. The number of hydrogen-bond acceptors (Lipinski definition) is 7. The van der Waals surface area contributed by atoms with Crippen molar-refractivity contribution in [2.45, 2.75) is 57.3 Å². The Morgan fingerprint density at radius 2 is 2.30 bits per heavy atom. The molecule has 2 aliphatic heterocycles. The first kappa shape index (κ1) is 16.8. The minimum atomic E-state index is -0.505. The largest absolute Gasteiger partial charge is 0.389 e. The van der Waals surface area contributed by atoms with Crippen LogP contribution in [0.15, 0.2) is 4.52 Å². The molecule has 0 radical (unpaired) electrons. The van der Waals surface area contributed by atoms with E-state index in [1.807, 2.05) is 6.92 Å². The van der Waals surface area contributed by atoms with E-state index in [2.05, 4.69) is 15.0 Å². The number of β-amino-alcohol motifs (C(OH)–C–C–N with tert-alkyl or cyclic N) is 1. The molecule has 2 fully saturated rings. The number of aromatic nitrogens is 2. The fraction of sp³-hybridized carbons (Fsp3) is 0.875. The van der Waals surface area contributed by atoms with Crippen LogP contribution in [0.5, 0.6) is 0 Å². The summed E-state index contributed by atoms with van der Waals surface area (Å²) in [6, 6.07) is 0.145. The lowest BCUT2D eigenvalue weighted by Gasteiger charge is -2.24. The Bertz CT molecular complexity index is 476. The Kier molecular flexibility index (Phi) is 5.99. The van der Waals surface area contributed by atoms with Gasteiger partial charge in [-0.05, 0) is 32.2 Å². The molecule has 0 amide bonds. The number of aryl methyl sites for hydroxylation is 1. The number of hydrogen-bond donors (Lipinski definition) is 1. The van der Waals surface area contributed by atoms with Gasteiger partial charge in [0.1, 0.15) is 0 Å². The van der Waals surface area contributed by atoms with Gasteiger partial charge in [-0.15, -0.1) is 0 Å². The molecule has 3 rings (SSSR count). The van der Waals surface area contributed by atoms with Crippen molar-refractivity contribution in [2.24, 2.45) is 0 Å². The summed E-state index contributed by atoms with van der Waals surface area (Å²) in [4.78, 5) is 6.66. The highest BCUT2D eigenvalue weighted by Crippen LogP contribution is 2.30. The van der Waals surface area contributed by atoms with Gasteiger partial charge in [-0.3, -0.25) is 4.90 Å². The summed E-state index contributed by atoms with van der Waals surface area (Å²) in [5, 5.41) is 14.3. The van der Waals surface area contributed by atoms with Gasteiger partial charge in [0.15, 0.2) is 5.82 Å². The maximum absolute atomic E-state index is 10.2. The van der Waals surface area contributed by atoms with Gasteiger partial charge in [0.25, 0.3) is 0 Å². The van der Waals surface area contributed by atoms with Crippen LogP contribution < -0.4 is 0 Å². The number of rotatable bonds is 8. The van der Waals surface area contributed by atoms with Gasteiger partial charge >= 0.3 is 0 Å². The molecule has 0 bridgehead atoms. The highest BCUT2D eigenvalue weighted by atomic mass is 16.5. The standard InChI is InChI=1S/C16H27N3O4/c1-2-15-17-16(18-23-15)14-6-3-7-19(14)9-12(20)10-21-11-13-5-4-8-22-13/h12-14,20H,2-11H2,1H3/t12-,13+,14+/m1/s1. The molecular weight excluding hydrogens is 298 g/mol. The van der Waals surface area contributed by atoms with Crippen molar-refractivity contribution < 1.29 is 19.1 Å². The van der Waals surface area contributed by atoms with Crippen LogP contribution >= 0.6 is 0 Å². The monoisotopic (exact) mass is 325 g/mol. The SMILES string of the molecule is CCc1nc([C@@H]2CCCN2C[C@@H](O)COC[C@@H]2CCCO2)no1. The zero-order chi connectivity index (χ0) is 16.1. The predicted octanol–water partition coefficient (Wildman–Crippen LogP) is 1.33. The van der Waals surface area contributed by atoms with E-state index < -0.39 is 6.10 Å². The fourth-order valence-electron chi connectivity index (χ4n) is 3.32. The second-order valence-corrected chi connectivity index (χ2v) is 6.38. The molecule has 7 nitrogen and oxygen atoms in total. The fourth-order valence-corrected chi connectivity index (χ4v) is 3.32. The van der Waals surface area contributed by atoms with E-state index >= 15 is 0 Å². The summed E-state index contributed by atoms with van der Waals surface area (Å²) >= 11 is 0. The van der Waals surface area contributed by atoms with Crippen molar-refractivity contribution in [2.75, 3.05) is 32.9 Å². The Balaban J connectivity index is 1.43. The van der Waals surface area contributed by atoms with E-state index in [1.165, 1.54) is 0 Å². The first-order chi connectivity index (χ1) is 11.3. The Labute approximate surface area is 136 Å². The molecule has 0 unspecified atom stereocenters. The Morgan fingerprint density at radius 3 is 3.04 bits per heavy atom. The molecule has 2 saturated heterocycles. The number of aliphatic hydroxyl groups excluding tert-OH is 1. The molecule has 1 aromatic heterocycles. The lowest BCUT2D eigenvalue weighted by Crippen LogP contribution is -2.35. The quantitative estimate of drug-likeness (QED) is 0.772. The molecule has 2 aliphatic rings. The van der Waals surface area contributed by atoms with E-state index in [1.54, 1.807) is 0 Å². The molecule has 3 atom stereocenters. The molecule has 0 saturated carbocycles. The summed E-state index contributed by atoms with van der Waals surface area (Å²) in [6.07, 6.45) is 4.71. The molecule has 0 spiro atoms. The van der Waals surface area contributed by atoms with E-state index in [9.17, 15) is 5.11 Å².